The average Bonchev–Trinajstić information content (AvgIpc) is 3.15. The van der Waals surface area contributed by atoms with Crippen molar-refractivity contribution < 1.29 is 4.74 Å². The topological polar surface area (TPSA) is 76.4 Å². The van der Waals surface area contributed by atoms with Gasteiger partial charge in [-0.25, -0.2) is 0 Å². The lowest BCUT2D eigenvalue weighted by Gasteiger charge is -2.24. The second-order valence-corrected chi connectivity index (χ2v) is 6.32. The molecule has 0 amide bonds. The predicted octanol–water partition coefficient (Wildman–Crippen LogP) is 1.47. The summed E-state index contributed by atoms with van der Waals surface area (Å²) in [7, 11) is 1.78. The number of guanidine groups is 1. The number of halogens is 1. The number of hydrogen-bond donors (Lipinski definition) is 2. The molecule has 7 nitrogen and oxygen atoms in total. The zero-order valence-corrected chi connectivity index (χ0v) is 16.3. The third kappa shape index (κ3) is 4.56. The van der Waals surface area contributed by atoms with E-state index in [4.69, 9.17) is 4.74 Å². The van der Waals surface area contributed by atoms with Crippen molar-refractivity contribution in [1.82, 2.24) is 25.4 Å². The summed E-state index contributed by atoms with van der Waals surface area (Å²) >= 11 is 0. The number of aromatic nitrogens is 3. The first-order valence-corrected chi connectivity index (χ1v) is 8.20. The van der Waals surface area contributed by atoms with Gasteiger partial charge in [0, 0.05) is 33.2 Å². The van der Waals surface area contributed by atoms with E-state index in [2.05, 4.69) is 37.3 Å². The second-order valence-electron chi connectivity index (χ2n) is 6.32. The maximum Gasteiger partial charge on any atom is 0.191 e. The van der Waals surface area contributed by atoms with Crippen molar-refractivity contribution in [2.24, 2.45) is 4.99 Å². The third-order valence-electron chi connectivity index (χ3n) is 4.50. The molecule has 8 heteroatoms. The van der Waals surface area contributed by atoms with E-state index in [1.165, 1.54) is 12.8 Å². The van der Waals surface area contributed by atoms with Gasteiger partial charge in [-0.2, -0.15) is 0 Å². The molecule has 130 valence electrons. The predicted molar refractivity (Wildman–Crippen MR) is 100 cm³/mol. The van der Waals surface area contributed by atoms with Gasteiger partial charge in [0.15, 0.2) is 11.8 Å². The Bertz CT molecular complexity index is 538. The van der Waals surface area contributed by atoms with Crippen molar-refractivity contribution in [1.29, 1.82) is 0 Å². The van der Waals surface area contributed by atoms with Gasteiger partial charge in [0.2, 0.25) is 0 Å². The number of nitrogens with one attached hydrogen (secondary N) is 2. The van der Waals surface area contributed by atoms with Crippen LogP contribution in [0.5, 0.6) is 0 Å². The molecule has 0 radical (unpaired) electrons. The second kappa shape index (κ2) is 8.27. The average molecular weight is 434 g/mol. The number of rotatable bonds is 4. The molecule has 23 heavy (non-hydrogen) atoms. The lowest BCUT2D eigenvalue weighted by Crippen LogP contribution is -2.45. The summed E-state index contributed by atoms with van der Waals surface area (Å²) in [4.78, 5) is 4.27. The van der Waals surface area contributed by atoms with E-state index in [1.54, 1.807) is 7.05 Å². The fourth-order valence-electron chi connectivity index (χ4n) is 3.13. The molecule has 1 unspecified atom stereocenters. The molecule has 2 aliphatic rings. The van der Waals surface area contributed by atoms with Crippen molar-refractivity contribution in [2.75, 3.05) is 20.2 Å². The van der Waals surface area contributed by atoms with Gasteiger partial charge in [-0.15, -0.1) is 34.2 Å². The summed E-state index contributed by atoms with van der Waals surface area (Å²) in [5, 5.41) is 15.2. The zero-order valence-electron chi connectivity index (χ0n) is 14.0. The van der Waals surface area contributed by atoms with E-state index in [9.17, 15) is 0 Å². The number of hydrogen-bond acceptors (Lipinski definition) is 4. The summed E-state index contributed by atoms with van der Waals surface area (Å²) in [5.41, 5.74) is -0.0777. The molecule has 1 aromatic heterocycles. The van der Waals surface area contributed by atoms with Gasteiger partial charge in [0.1, 0.15) is 5.82 Å². The molecule has 1 aromatic rings. The van der Waals surface area contributed by atoms with Crippen LogP contribution in [0.15, 0.2) is 4.99 Å². The van der Waals surface area contributed by atoms with Crippen LogP contribution < -0.4 is 10.6 Å². The Balaban J connectivity index is 0.00000192. The first kappa shape index (κ1) is 18.4. The van der Waals surface area contributed by atoms with Gasteiger partial charge in [-0.05, 0) is 32.6 Å². The van der Waals surface area contributed by atoms with Crippen LogP contribution in [-0.4, -0.2) is 46.5 Å². The molecule has 2 aliphatic heterocycles. The molecule has 0 aromatic carbocycles. The summed E-state index contributed by atoms with van der Waals surface area (Å²) in [6, 6.07) is 0. The molecule has 0 bridgehead atoms. The molecule has 0 saturated carbocycles. The summed E-state index contributed by atoms with van der Waals surface area (Å²) in [6.45, 7) is 5.44. The first-order chi connectivity index (χ1) is 10.7. The SMILES string of the molecule is CN=C(NCc1nnc2n1CCCC2)NCC1(C)CCCO1.I. The minimum Gasteiger partial charge on any atom is -0.373 e. The summed E-state index contributed by atoms with van der Waals surface area (Å²) < 4.78 is 8.02. The van der Waals surface area contributed by atoms with Crippen molar-refractivity contribution in [2.45, 2.75) is 57.7 Å². The number of nitrogens with zero attached hydrogens (tertiary/aromatic N) is 4. The molecule has 0 spiro atoms. The van der Waals surface area contributed by atoms with Crippen LogP contribution in [0.1, 0.15) is 44.3 Å². The van der Waals surface area contributed by atoms with E-state index in [1.807, 2.05) is 0 Å². The van der Waals surface area contributed by atoms with Gasteiger partial charge in [-0.1, -0.05) is 0 Å². The van der Waals surface area contributed by atoms with Gasteiger partial charge < -0.3 is 19.9 Å². The molecule has 1 atom stereocenters. The Morgan fingerprint density at radius 1 is 1.30 bits per heavy atom. The molecule has 3 heterocycles. The quantitative estimate of drug-likeness (QED) is 0.427. The van der Waals surface area contributed by atoms with Crippen molar-refractivity contribution in [3.05, 3.63) is 11.6 Å². The molecule has 2 N–H and O–H groups in total. The minimum atomic E-state index is -0.0777. The van der Waals surface area contributed by atoms with E-state index >= 15 is 0 Å². The van der Waals surface area contributed by atoms with Crippen LogP contribution in [0.25, 0.3) is 0 Å². The summed E-state index contributed by atoms with van der Waals surface area (Å²) in [6.07, 6.45) is 5.69. The van der Waals surface area contributed by atoms with Gasteiger partial charge in [0.05, 0.1) is 12.1 Å². The molecule has 1 fully saturated rings. The Labute approximate surface area is 154 Å². The molecule has 0 aliphatic carbocycles. The van der Waals surface area contributed by atoms with Crippen LogP contribution >= 0.6 is 24.0 Å². The van der Waals surface area contributed by atoms with Crippen LogP contribution in [0, 0.1) is 0 Å². The molecule has 3 rings (SSSR count). The molecular formula is C15H27IN6O. The van der Waals surface area contributed by atoms with Crippen molar-refractivity contribution in [3.8, 4) is 0 Å². The number of aliphatic imine (C=N–C) groups is 1. The van der Waals surface area contributed by atoms with Gasteiger partial charge in [-0.3, -0.25) is 4.99 Å². The maximum absolute atomic E-state index is 5.79. The van der Waals surface area contributed by atoms with Crippen LogP contribution in [0.4, 0.5) is 0 Å². The number of aryl methyl sites for hydroxylation is 1. The Hall–Kier alpha value is -0.900. The van der Waals surface area contributed by atoms with Gasteiger partial charge in [0.25, 0.3) is 0 Å². The van der Waals surface area contributed by atoms with Crippen molar-refractivity contribution >= 4 is 29.9 Å². The molecule has 1 saturated heterocycles. The summed E-state index contributed by atoms with van der Waals surface area (Å²) in [5.74, 6) is 2.88. The number of ether oxygens (including phenoxy) is 1. The van der Waals surface area contributed by atoms with E-state index < -0.39 is 0 Å². The normalized spacial score (nSPS) is 24.0. The Kier molecular flexibility index (Phi) is 6.63. The van der Waals surface area contributed by atoms with E-state index in [-0.39, 0.29) is 29.6 Å². The lowest BCUT2D eigenvalue weighted by atomic mass is 10.0. The van der Waals surface area contributed by atoms with E-state index in [0.717, 1.165) is 56.6 Å². The monoisotopic (exact) mass is 434 g/mol. The minimum absolute atomic E-state index is 0. The highest BCUT2D eigenvalue weighted by Gasteiger charge is 2.29. The highest BCUT2D eigenvalue weighted by Crippen LogP contribution is 2.23. The highest BCUT2D eigenvalue weighted by molar-refractivity contribution is 14.0. The fourth-order valence-corrected chi connectivity index (χ4v) is 3.13. The van der Waals surface area contributed by atoms with Crippen LogP contribution in [0.3, 0.4) is 0 Å². The first-order valence-electron chi connectivity index (χ1n) is 8.20. The van der Waals surface area contributed by atoms with Crippen LogP contribution in [0.2, 0.25) is 0 Å². The maximum atomic E-state index is 5.79. The Morgan fingerprint density at radius 2 is 2.17 bits per heavy atom. The highest BCUT2D eigenvalue weighted by atomic mass is 127. The molecular weight excluding hydrogens is 407 g/mol. The van der Waals surface area contributed by atoms with Crippen LogP contribution in [-0.2, 0) is 24.2 Å². The third-order valence-corrected chi connectivity index (χ3v) is 4.50. The Morgan fingerprint density at radius 3 is 2.91 bits per heavy atom. The zero-order chi connectivity index (χ0) is 15.4. The standard InChI is InChI=1S/C15H26N6O.HI/c1-15(7-5-9-22-15)11-18-14(16-2)17-10-13-20-19-12-6-3-4-8-21(12)13;/h3-11H2,1-2H3,(H2,16,17,18);1H. The van der Waals surface area contributed by atoms with Gasteiger partial charge >= 0.3 is 0 Å². The fraction of sp³-hybridized carbons (Fsp3) is 0.800. The van der Waals surface area contributed by atoms with E-state index in [0.29, 0.717) is 6.54 Å². The number of fused-ring (bicyclic) bond motifs is 1. The largest absolute Gasteiger partial charge is 0.373 e. The smallest absolute Gasteiger partial charge is 0.191 e. The lowest BCUT2D eigenvalue weighted by molar-refractivity contribution is 0.0243. The van der Waals surface area contributed by atoms with Crippen molar-refractivity contribution in [3.63, 3.8) is 0 Å².